The van der Waals surface area contributed by atoms with Crippen molar-refractivity contribution in [2.24, 2.45) is 4.99 Å². The molecule has 1 aromatic heterocycles. The van der Waals surface area contributed by atoms with E-state index in [1.165, 1.54) is 5.56 Å². The van der Waals surface area contributed by atoms with Gasteiger partial charge >= 0.3 is 0 Å². The van der Waals surface area contributed by atoms with Gasteiger partial charge in [0.25, 0.3) is 0 Å². The summed E-state index contributed by atoms with van der Waals surface area (Å²) < 4.78 is 24.3. The van der Waals surface area contributed by atoms with Gasteiger partial charge < -0.3 is 10.6 Å². The number of aliphatic imine (C=N–C) groups is 1. The lowest BCUT2D eigenvalue weighted by Gasteiger charge is -2.11. The number of benzene rings is 1. The number of guanidine groups is 1. The molecule has 24 heavy (non-hydrogen) atoms. The number of thiophene rings is 1. The minimum absolute atomic E-state index is 0. The Morgan fingerprint density at radius 2 is 1.92 bits per heavy atom. The molecule has 132 valence electrons. The van der Waals surface area contributed by atoms with Gasteiger partial charge in [-0.2, -0.15) is 11.3 Å². The van der Waals surface area contributed by atoms with Gasteiger partial charge in [0.1, 0.15) is 0 Å². The van der Waals surface area contributed by atoms with E-state index in [0.29, 0.717) is 30.4 Å². The average molecular weight is 479 g/mol. The van der Waals surface area contributed by atoms with E-state index in [1.807, 2.05) is 11.4 Å². The first-order valence-corrected chi connectivity index (χ1v) is 9.95. The average Bonchev–Trinajstić information content (AvgIpc) is 3.08. The first-order valence-electron chi connectivity index (χ1n) is 7.35. The molecule has 0 saturated carbocycles. The molecule has 0 spiro atoms. The Kier molecular flexibility index (Phi) is 9.30. The zero-order chi connectivity index (χ0) is 16.5. The lowest BCUT2D eigenvalue weighted by Crippen LogP contribution is -2.37. The van der Waals surface area contributed by atoms with Crippen molar-refractivity contribution < 1.29 is 8.42 Å². The van der Waals surface area contributed by atoms with Crippen LogP contribution in [0.4, 0.5) is 0 Å². The topological polar surface area (TPSA) is 70.6 Å². The van der Waals surface area contributed by atoms with Crippen molar-refractivity contribution in [3.63, 3.8) is 0 Å². The van der Waals surface area contributed by atoms with Gasteiger partial charge in [0.15, 0.2) is 15.8 Å². The van der Waals surface area contributed by atoms with Crippen molar-refractivity contribution in [1.82, 2.24) is 10.6 Å². The highest BCUT2D eigenvalue weighted by atomic mass is 127. The highest BCUT2D eigenvalue weighted by Crippen LogP contribution is 2.10. The maximum atomic E-state index is 12.2. The number of nitrogens with zero attached hydrogens (tertiary/aromatic N) is 1. The van der Waals surface area contributed by atoms with E-state index in [2.05, 4.69) is 27.1 Å². The van der Waals surface area contributed by atoms with Crippen molar-refractivity contribution in [2.75, 3.05) is 19.3 Å². The molecular weight excluding hydrogens is 457 g/mol. The van der Waals surface area contributed by atoms with Crippen LogP contribution in [0, 0.1) is 0 Å². The smallest absolute Gasteiger partial charge is 0.191 e. The number of sulfone groups is 1. The fraction of sp³-hybridized carbons (Fsp3) is 0.312. The summed E-state index contributed by atoms with van der Waals surface area (Å²) in [5.41, 5.74) is 1.20. The predicted molar refractivity (Wildman–Crippen MR) is 111 cm³/mol. The van der Waals surface area contributed by atoms with E-state index in [1.54, 1.807) is 42.6 Å². The van der Waals surface area contributed by atoms with E-state index >= 15 is 0 Å². The van der Waals surface area contributed by atoms with E-state index in [4.69, 9.17) is 0 Å². The third kappa shape index (κ3) is 6.78. The SMILES string of the molecule is CN=C(NCCCS(=O)(=O)c1ccccc1)NCc1ccsc1.I. The van der Waals surface area contributed by atoms with E-state index in [-0.39, 0.29) is 29.7 Å². The molecule has 0 amide bonds. The Labute approximate surface area is 164 Å². The van der Waals surface area contributed by atoms with Gasteiger partial charge in [0.05, 0.1) is 10.6 Å². The summed E-state index contributed by atoms with van der Waals surface area (Å²) in [4.78, 5) is 4.50. The summed E-state index contributed by atoms with van der Waals surface area (Å²) in [6.07, 6.45) is 0.524. The highest BCUT2D eigenvalue weighted by Gasteiger charge is 2.13. The van der Waals surface area contributed by atoms with Crippen LogP contribution in [-0.2, 0) is 16.4 Å². The van der Waals surface area contributed by atoms with Crippen LogP contribution in [-0.4, -0.2) is 33.7 Å². The van der Waals surface area contributed by atoms with Gasteiger partial charge in [0.2, 0.25) is 0 Å². The number of halogens is 1. The molecule has 0 aliphatic carbocycles. The van der Waals surface area contributed by atoms with Crippen LogP contribution in [0.2, 0.25) is 0 Å². The fourth-order valence-corrected chi connectivity index (χ4v) is 4.01. The van der Waals surface area contributed by atoms with E-state index < -0.39 is 9.84 Å². The quantitative estimate of drug-likeness (QED) is 0.277. The van der Waals surface area contributed by atoms with Gasteiger partial charge in [-0.25, -0.2) is 8.42 Å². The number of nitrogens with one attached hydrogen (secondary N) is 2. The molecule has 0 fully saturated rings. The third-order valence-corrected chi connectivity index (χ3v) is 5.80. The molecule has 1 aromatic carbocycles. The molecule has 5 nitrogen and oxygen atoms in total. The molecule has 0 aliphatic heterocycles. The van der Waals surface area contributed by atoms with E-state index in [9.17, 15) is 8.42 Å². The Bertz CT molecular complexity index is 717. The normalized spacial score (nSPS) is 11.6. The maximum Gasteiger partial charge on any atom is 0.191 e. The first kappa shape index (κ1) is 20.9. The summed E-state index contributed by atoms with van der Waals surface area (Å²) >= 11 is 1.65. The molecule has 8 heteroatoms. The van der Waals surface area contributed by atoms with Crippen LogP contribution >= 0.6 is 35.3 Å². The second kappa shape index (κ2) is 10.7. The lowest BCUT2D eigenvalue weighted by atomic mass is 10.3. The van der Waals surface area contributed by atoms with Gasteiger partial charge in [-0.05, 0) is 40.9 Å². The molecule has 0 atom stereocenters. The summed E-state index contributed by atoms with van der Waals surface area (Å²) in [6, 6.07) is 10.6. The van der Waals surface area contributed by atoms with Crippen molar-refractivity contribution in [3.05, 3.63) is 52.7 Å². The summed E-state index contributed by atoms with van der Waals surface area (Å²) in [5.74, 6) is 0.791. The molecule has 1 heterocycles. The Morgan fingerprint density at radius 3 is 2.54 bits per heavy atom. The van der Waals surface area contributed by atoms with E-state index in [0.717, 1.165) is 0 Å². The second-order valence-corrected chi connectivity index (χ2v) is 7.86. The molecule has 2 rings (SSSR count). The van der Waals surface area contributed by atoms with Crippen LogP contribution in [0.15, 0.2) is 57.0 Å². The van der Waals surface area contributed by atoms with Crippen molar-refractivity contribution in [1.29, 1.82) is 0 Å². The molecular formula is C16H22IN3O2S2. The Morgan fingerprint density at radius 1 is 1.17 bits per heavy atom. The fourth-order valence-electron chi connectivity index (χ4n) is 2.01. The largest absolute Gasteiger partial charge is 0.356 e. The Balaban J connectivity index is 0.00000288. The van der Waals surface area contributed by atoms with Crippen molar-refractivity contribution in [3.8, 4) is 0 Å². The maximum absolute atomic E-state index is 12.2. The summed E-state index contributed by atoms with van der Waals surface area (Å²) in [5, 5.41) is 10.4. The number of hydrogen-bond donors (Lipinski definition) is 2. The predicted octanol–water partition coefficient (Wildman–Crippen LogP) is 2.90. The number of rotatable bonds is 7. The first-order chi connectivity index (χ1) is 11.1. The molecule has 2 N–H and O–H groups in total. The number of hydrogen-bond acceptors (Lipinski definition) is 4. The van der Waals surface area contributed by atoms with Crippen LogP contribution in [0.25, 0.3) is 0 Å². The van der Waals surface area contributed by atoms with Crippen LogP contribution in [0.1, 0.15) is 12.0 Å². The third-order valence-electron chi connectivity index (χ3n) is 3.25. The minimum Gasteiger partial charge on any atom is -0.356 e. The second-order valence-electron chi connectivity index (χ2n) is 4.97. The molecule has 2 aromatic rings. The molecule has 0 aliphatic rings. The molecule has 0 unspecified atom stereocenters. The monoisotopic (exact) mass is 479 g/mol. The highest BCUT2D eigenvalue weighted by molar-refractivity contribution is 14.0. The van der Waals surface area contributed by atoms with Crippen LogP contribution < -0.4 is 10.6 Å². The van der Waals surface area contributed by atoms with Crippen LogP contribution in [0.3, 0.4) is 0 Å². The molecule has 0 radical (unpaired) electrons. The van der Waals surface area contributed by atoms with Crippen molar-refractivity contribution in [2.45, 2.75) is 17.9 Å². The zero-order valence-electron chi connectivity index (χ0n) is 13.4. The molecule has 0 bridgehead atoms. The van der Waals surface area contributed by atoms with Gasteiger partial charge in [-0.15, -0.1) is 24.0 Å². The van der Waals surface area contributed by atoms with Crippen LogP contribution in [0.5, 0.6) is 0 Å². The standard InChI is InChI=1S/C16H21N3O2S2.HI/c1-17-16(19-12-14-8-10-22-13-14)18-9-5-11-23(20,21)15-6-3-2-4-7-15;/h2-4,6-8,10,13H,5,9,11-12H2,1H3,(H2,17,18,19);1H. The van der Waals surface area contributed by atoms with Gasteiger partial charge in [0, 0.05) is 20.1 Å². The zero-order valence-corrected chi connectivity index (χ0v) is 17.4. The van der Waals surface area contributed by atoms with Gasteiger partial charge in [-0.1, -0.05) is 18.2 Å². The molecule has 0 saturated heterocycles. The van der Waals surface area contributed by atoms with Gasteiger partial charge in [-0.3, -0.25) is 4.99 Å². The van der Waals surface area contributed by atoms with Crippen molar-refractivity contribution >= 4 is 51.1 Å². The Hall–Kier alpha value is -1.13. The lowest BCUT2D eigenvalue weighted by molar-refractivity contribution is 0.592. The summed E-state index contributed by atoms with van der Waals surface area (Å²) in [7, 11) is -1.51. The summed E-state index contributed by atoms with van der Waals surface area (Å²) in [6.45, 7) is 1.25. The minimum atomic E-state index is -3.21.